The van der Waals surface area contributed by atoms with E-state index in [2.05, 4.69) is 25.5 Å². The molecule has 37 heavy (non-hydrogen) atoms. The molecule has 1 aliphatic heterocycles. The van der Waals surface area contributed by atoms with Crippen molar-refractivity contribution in [1.82, 2.24) is 15.3 Å². The maximum Gasteiger partial charge on any atom is 0.163 e. The van der Waals surface area contributed by atoms with Gasteiger partial charge in [-0.05, 0) is 67.9 Å². The van der Waals surface area contributed by atoms with Gasteiger partial charge in [0.2, 0.25) is 0 Å². The van der Waals surface area contributed by atoms with Crippen molar-refractivity contribution in [2.45, 2.75) is 19.4 Å². The van der Waals surface area contributed by atoms with E-state index in [1.807, 2.05) is 25.2 Å². The summed E-state index contributed by atoms with van der Waals surface area (Å²) in [4.78, 5) is 34.9. The second-order valence-corrected chi connectivity index (χ2v) is 9.46. The zero-order valence-corrected chi connectivity index (χ0v) is 21.1. The number of carbonyl (C=O) groups excluding carboxylic acids is 2. The molecule has 1 unspecified atom stereocenters. The maximum atomic E-state index is 14.4. The first-order valence-corrected chi connectivity index (χ1v) is 12.3. The minimum absolute atomic E-state index is 0.0317. The summed E-state index contributed by atoms with van der Waals surface area (Å²) in [7, 11) is 1.97. The average Bonchev–Trinajstić information content (AvgIpc) is 3.38. The van der Waals surface area contributed by atoms with Crippen LogP contribution in [0.5, 0.6) is 0 Å². The summed E-state index contributed by atoms with van der Waals surface area (Å²) in [5, 5.41) is 7.37. The number of rotatable bonds is 7. The lowest BCUT2D eigenvalue weighted by Gasteiger charge is -2.18. The van der Waals surface area contributed by atoms with E-state index < -0.39 is 5.82 Å². The monoisotopic (exact) mass is 517 g/mol. The summed E-state index contributed by atoms with van der Waals surface area (Å²) in [6.45, 7) is 3.33. The molecule has 1 aliphatic rings. The number of aldehydes is 1. The number of likely N-dealkylation sites (N-methyl/N-ethyl adjacent to an activating group) is 1. The third-order valence-electron chi connectivity index (χ3n) is 6.72. The summed E-state index contributed by atoms with van der Waals surface area (Å²) in [5.74, 6) is 0.0536. The number of anilines is 3. The third kappa shape index (κ3) is 4.90. The van der Waals surface area contributed by atoms with Crippen molar-refractivity contribution in [1.29, 1.82) is 0 Å². The molecular formula is C28H25ClFN5O2. The summed E-state index contributed by atoms with van der Waals surface area (Å²) < 4.78 is 14.4. The molecule has 1 atom stereocenters. The highest BCUT2D eigenvalue weighted by atomic mass is 35.5. The molecule has 0 spiro atoms. The molecule has 1 fully saturated rings. The minimum atomic E-state index is -0.697. The van der Waals surface area contributed by atoms with Gasteiger partial charge in [0.25, 0.3) is 0 Å². The van der Waals surface area contributed by atoms with Gasteiger partial charge >= 0.3 is 0 Å². The minimum Gasteiger partial charge on any atom is -0.355 e. The fourth-order valence-corrected chi connectivity index (χ4v) is 4.89. The van der Waals surface area contributed by atoms with Crippen LogP contribution in [0.3, 0.4) is 0 Å². The molecule has 0 saturated carbocycles. The molecule has 0 amide bonds. The molecule has 188 valence electrons. The number of nitrogens with zero attached hydrogens (tertiary/aromatic N) is 3. The van der Waals surface area contributed by atoms with Gasteiger partial charge in [0.05, 0.1) is 39.2 Å². The summed E-state index contributed by atoms with van der Waals surface area (Å²) in [6.07, 6.45) is 4.76. The van der Waals surface area contributed by atoms with Crippen molar-refractivity contribution in [3.63, 3.8) is 0 Å². The zero-order chi connectivity index (χ0) is 26.1. The fraction of sp³-hybridized carbons (Fsp3) is 0.214. The van der Waals surface area contributed by atoms with Crippen LogP contribution in [0.1, 0.15) is 34.1 Å². The number of hydrogen-bond acceptors (Lipinski definition) is 7. The Kier molecular flexibility index (Phi) is 6.86. The predicted molar refractivity (Wildman–Crippen MR) is 145 cm³/mol. The number of fused-ring (bicyclic) bond motifs is 1. The Balaban J connectivity index is 1.53. The Morgan fingerprint density at radius 2 is 1.97 bits per heavy atom. The Labute approximate surface area is 218 Å². The van der Waals surface area contributed by atoms with Crippen LogP contribution in [0.4, 0.5) is 21.6 Å². The first kappa shape index (κ1) is 24.8. The van der Waals surface area contributed by atoms with Crippen LogP contribution in [-0.4, -0.2) is 48.2 Å². The van der Waals surface area contributed by atoms with Gasteiger partial charge in [-0.25, -0.2) is 9.37 Å². The topological polar surface area (TPSA) is 87.2 Å². The quantitative estimate of drug-likeness (QED) is 0.242. The molecule has 4 aromatic rings. The predicted octanol–water partition coefficient (Wildman–Crippen LogP) is 5.65. The molecular weight excluding hydrogens is 493 g/mol. The molecule has 7 nitrogen and oxygen atoms in total. The van der Waals surface area contributed by atoms with Gasteiger partial charge in [0.15, 0.2) is 12.1 Å². The number of hydrogen-bond donors (Lipinski definition) is 2. The summed E-state index contributed by atoms with van der Waals surface area (Å²) in [5.41, 5.74) is 3.38. The highest BCUT2D eigenvalue weighted by molar-refractivity contribution is 6.33. The SMILES string of the molecule is CNC1CCN(c2ccc(Nc3c(C(C)=O)cnc4ccc(-c5cc(F)c(C=O)c(Cl)c5)cc34)cn2)C1. The molecule has 3 heterocycles. The molecule has 0 aliphatic carbocycles. The summed E-state index contributed by atoms with van der Waals surface area (Å²) in [6, 6.07) is 12.6. The van der Waals surface area contributed by atoms with Gasteiger partial charge in [-0.3, -0.25) is 14.6 Å². The van der Waals surface area contributed by atoms with Crippen molar-refractivity contribution < 1.29 is 14.0 Å². The van der Waals surface area contributed by atoms with E-state index >= 15 is 0 Å². The van der Waals surface area contributed by atoms with Gasteiger partial charge in [-0.1, -0.05) is 17.7 Å². The lowest BCUT2D eigenvalue weighted by atomic mass is 9.99. The van der Waals surface area contributed by atoms with Crippen molar-refractivity contribution in [2.24, 2.45) is 0 Å². The number of benzene rings is 2. The van der Waals surface area contributed by atoms with Crippen LogP contribution >= 0.6 is 11.6 Å². The lowest BCUT2D eigenvalue weighted by molar-refractivity contribution is 0.101. The largest absolute Gasteiger partial charge is 0.355 e. The third-order valence-corrected chi connectivity index (χ3v) is 7.03. The molecule has 0 bridgehead atoms. The Morgan fingerprint density at radius 3 is 2.62 bits per heavy atom. The van der Waals surface area contributed by atoms with Crippen LogP contribution in [0.15, 0.2) is 54.9 Å². The van der Waals surface area contributed by atoms with Crippen LogP contribution < -0.4 is 15.5 Å². The molecule has 9 heteroatoms. The van der Waals surface area contributed by atoms with E-state index in [9.17, 15) is 14.0 Å². The standard InChI is InChI=1S/C28H25ClFN5O2/c1-16(37)22-13-32-26-5-3-17(18-10-24(29)23(15-36)25(30)11-18)9-21(26)28(22)34-19-4-6-27(33-12-19)35-8-7-20(14-35)31-2/h3-6,9-13,15,20,31H,7-8,14H2,1-2H3,(H,32,34). The van der Waals surface area contributed by atoms with Gasteiger partial charge in [-0.15, -0.1) is 0 Å². The van der Waals surface area contributed by atoms with E-state index in [-0.39, 0.29) is 16.4 Å². The van der Waals surface area contributed by atoms with Crippen molar-refractivity contribution >= 4 is 51.8 Å². The van der Waals surface area contributed by atoms with E-state index in [0.717, 1.165) is 31.0 Å². The molecule has 2 aromatic heterocycles. The molecule has 2 aromatic carbocycles. The average molecular weight is 518 g/mol. The number of ketones is 1. The van der Waals surface area contributed by atoms with Crippen LogP contribution in [0, 0.1) is 5.82 Å². The number of Topliss-reactive ketones (excluding diaryl/α,β-unsaturated/α-hetero) is 1. The molecule has 2 N–H and O–H groups in total. The van der Waals surface area contributed by atoms with Gasteiger partial charge in [-0.2, -0.15) is 0 Å². The maximum absolute atomic E-state index is 14.4. The van der Waals surface area contributed by atoms with Gasteiger partial charge < -0.3 is 15.5 Å². The molecule has 5 rings (SSSR count). The second kappa shape index (κ2) is 10.2. The van der Waals surface area contributed by atoms with Crippen LogP contribution in [0.25, 0.3) is 22.0 Å². The zero-order valence-electron chi connectivity index (χ0n) is 20.4. The van der Waals surface area contributed by atoms with Gasteiger partial charge in [0.1, 0.15) is 11.6 Å². The highest BCUT2D eigenvalue weighted by Gasteiger charge is 2.22. The normalized spacial score (nSPS) is 15.2. The van der Waals surface area contributed by atoms with E-state index in [1.54, 1.807) is 30.6 Å². The van der Waals surface area contributed by atoms with Crippen LogP contribution in [-0.2, 0) is 0 Å². The van der Waals surface area contributed by atoms with E-state index in [4.69, 9.17) is 11.6 Å². The first-order chi connectivity index (χ1) is 17.9. The number of pyridine rings is 2. The summed E-state index contributed by atoms with van der Waals surface area (Å²) >= 11 is 6.13. The number of halogens is 2. The van der Waals surface area contributed by atoms with Gasteiger partial charge in [0, 0.05) is 30.7 Å². The molecule has 1 saturated heterocycles. The Bertz CT molecular complexity index is 1490. The second-order valence-electron chi connectivity index (χ2n) is 9.06. The fourth-order valence-electron chi connectivity index (χ4n) is 4.63. The van der Waals surface area contributed by atoms with Crippen molar-refractivity contribution in [3.05, 3.63) is 76.8 Å². The Hall–Kier alpha value is -3.88. The van der Waals surface area contributed by atoms with Crippen molar-refractivity contribution in [2.75, 3.05) is 30.4 Å². The smallest absolute Gasteiger partial charge is 0.163 e. The Morgan fingerprint density at radius 1 is 1.14 bits per heavy atom. The van der Waals surface area contributed by atoms with Crippen LogP contribution in [0.2, 0.25) is 5.02 Å². The number of nitrogens with one attached hydrogen (secondary N) is 2. The van der Waals surface area contributed by atoms with Crippen molar-refractivity contribution in [3.8, 4) is 11.1 Å². The lowest BCUT2D eigenvalue weighted by Crippen LogP contribution is -2.29. The van der Waals surface area contributed by atoms with E-state index in [0.29, 0.717) is 45.6 Å². The van der Waals surface area contributed by atoms with E-state index in [1.165, 1.54) is 13.0 Å². The molecule has 0 radical (unpaired) electrons. The first-order valence-electron chi connectivity index (χ1n) is 11.9. The number of aromatic nitrogens is 2. The highest BCUT2D eigenvalue weighted by Crippen LogP contribution is 2.34. The number of carbonyl (C=O) groups is 2.